The van der Waals surface area contributed by atoms with Gasteiger partial charge < -0.3 is 9.47 Å². The zero-order valence-electron chi connectivity index (χ0n) is 13.3. The predicted octanol–water partition coefficient (Wildman–Crippen LogP) is 4.39. The van der Waals surface area contributed by atoms with Gasteiger partial charge in [0.2, 0.25) is 0 Å². The lowest BCUT2D eigenvalue weighted by atomic mass is 10.0. The summed E-state index contributed by atoms with van der Waals surface area (Å²) in [5.74, 6) is 2.09. The maximum atomic E-state index is 10.6. The van der Waals surface area contributed by atoms with Gasteiger partial charge in [0.05, 0.1) is 0 Å². The molecule has 0 aliphatic heterocycles. The first-order valence-electron chi connectivity index (χ1n) is 7.51. The van der Waals surface area contributed by atoms with Gasteiger partial charge >= 0.3 is 0 Å². The van der Waals surface area contributed by atoms with E-state index in [9.17, 15) is 4.79 Å². The number of aryl methyl sites for hydroxylation is 1. The molecule has 0 heterocycles. The highest BCUT2D eigenvalue weighted by atomic mass is 16.5. The van der Waals surface area contributed by atoms with Crippen LogP contribution in [0.2, 0.25) is 0 Å². The molecule has 0 spiro atoms. The van der Waals surface area contributed by atoms with E-state index in [0.29, 0.717) is 24.7 Å². The van der Waals surface area contributed by atoms with Gasteiger partial charge in [0.25, 0.3) is 0 Å². The Labute approximate surface area is 131 Å². The lowest BCUT2D eigenvalue weighted by Gasteiger charge is -2.15. The first-order chi connectivity index (χ1) is 10.6. The second kappa shape index (κ2) is 7.64. The number of hydrogen-bond acceptors (Lipinski definition) is 3. The number of carbonyl (C=O) groups excluding carboxylic acids is 1. The molecule has 0 bridgehead atoms. The van der Waals surface area contributed by atoms with Gasteiger partial charge in [-0.25, -0.2) is 0 Å². The molecular weight excluding hydrogens is 276 g/mol. The normalized spacial score (nSPS) is 10.5. The third-order valence-electron chi connectivity index (χ3n) is 3.42. The van der Waals surface area contributed by atoms with E-state index in [-0.39, 0.29) is 0 Å². The average Bonchev–Trinajstić information content (AvgIpc) is 2.52. The van der Waals surface area contributed by atoms with Gasteiger partial charge in [0.1, 0.15) is 31.0 Å². The van der Waals surface area contributed by atoms with Gasteiger partial charge in [-0.1, -0.05) is 26.0 Å². The molecule has 0 saturated heterocycles. The highest BCUT2D eigenvalue weighted by Gasteiger charge is 2.08. The predicted molar refractivity (Wildman–Crippen MR) is 88.1 cm³/mol. The van der Waals surface area contributed by atoms with Crippen LogP contribution in [0.25, 0.3) is 0 Å². The molecule has 2 aromatic rings. The lowest BCUT2D eigenvalue weighted by molar-refractivity contribution is 0.112. The Morgan fingerprint density at radius 1 is 1.00 bits per heavy atom. The van der Waals surface area contributed by atoms with Crippen molar-refractivity contribution < 1.29 is 14.3 Å². The Morgan fingerprint density at radius 3 is 2.32 bits per heavy atom. The van der Waals surface area contributed by atoms with E-state index in [2.05, 4.69) is 39.0 Å². The largest absolute Gasteiger partial charge is 0.490 e. The molecule has 0 saturated carbocycles. The lowest BCUT2D eigenvalue weighted by Crippen LogP contribution is -2.10. The number of benzene rings is 2. The minimum Gasteiger partial charge on any atom is -0.490 e. The van der Waals surface area contributed by atoms with E-state index in [0.717, 1.165) is 17.8 Å². The number of hydrogen-bond donors (Lipinski definition) is 0. The van der Waals surface area contributed by atoms with Crippen LogP contribution in [0.1, 0.15) is 41.3 Å². The molecule has 0 N–H and O–H groups in total. The van der Waals surface area contributed by atoms with Crippen molar-refractivity contribution in [3.05, 3.63) is 59.2 Å². The second-order valence-electron chi connectivity index (χ2n) is 5.58. The monoisotopic (exact) mass is 298 g/mol. The smallest absolute Gasteiger partial charge is 0.150 e. The first-order valence-corrected chi connectivity index (χ1v) is 7.51. The summed E-state index contributed by atoms with van der Waals surface area (Å²) in [5.41, 5.74) is 3.04. The van der Waals surface area contributed by atoms with E-state index in [1.807, 2.05) is 0 Å². The van der Waals surface area contributed by atoms with Crippen LogP contribution in [-0.4, -0.2) is 19.5 Å². The minimum atomic E-state index is 0.424. The Morgan fingerprint density at radius 2 is 1.68 bits per heavy atom. The summed E-state index contributed by atoms with van der Waals surface area (Å²) >= 11 is 0. The summed E-state index contributed by atoms with van der Waals surface area (Å²) in [5, 5.41) is 0. The van der Waals surface area contributed by atoms with Crippen molar-refractivity contribution >= 4 is 6.29 Å². The van der Waals surface area contributed by atoms with Crippen LogP contribution in [0.5, 0.6) is 11.5 Å². The third-order valence-corrected chi connectivity index (χ3v) is 3.42. The molecule has 0 aromatic heterocycles. The second-order valence-corrected chi connectivity index (χ2v) is 5.58. The molecule has 0 aliphatic carbocycles. The van der Waals surface area contributed by atoms with Crippen LogP contribution in [0.4, 0.5) is 0 Å². The Kier molecular flexibility index (Phi) is 5.59. The van der Waals surface area contributed by atoms with E-state index < -0.39 is 0 Å². The molecule has 0 amide bonds. The third kappa shape index (κ3) is 4.35. The van der Waals surface area contributed by atoms with E-state index in [4.69, 9.17) is 9.47 Å². The summed E-state index contributed by atoms with van der Waals surface area (Å²) in [6, 6.07) is 13.3. The summed E-state index contributed by atoms with van der Waals surface area (Å²) in [6.45, 7) is 7.32. The molecule has 3 heteroatoms. The Hall–Kier alpha value is -2.29. The first kappa shape index (κ1) is 16.1. The molecule has 2 aromatic carbocycles. The maximum Gasteiger partial charge on any atom is 0.150 e. The quantitative estimate of drug-likeness (QED) is 0.562. The molecule has 22 heavy (non-hydrogen) atoms. The SMILES string of the molecule is Cc1ccc(C(C)C)c(OCCOc2ccc(C=O)cc2)c1. The molecule has 0 fully saturated rings. The average molecular weight is 298 g/mol. The minimum absolute atomic E-state index is 0.424. The number of ether oxygens (including phenoxy) is 2. The fourth-order valence-electron chi connectivity index (χ4n) is 2.20. The molecule has 0 radical (unpaired) electrons. The van der Waals surface area contributed by atoms with Crippen molar-refractivity contribution in [3.63, 3.8) is 0 Å². The molecule has 0 atom stereocenters. The highest BCUT2D eigenvalue weighted by Crippen LogP contribution is 2.27. The molecule has 116 valence electrons. The molecule has 0 unspecified atom stereocenters. The van der Waals surface area contributed by atoms with Crippen LogP contribution in [0, 0.1) is 6.92 Å². The summed E-state index contributed by atoms with van der Waals surface area (Å²) in [4.78, 5) is 10.6. The van der Waals surface area contributed by atoms with Crippen LogP contribution in [0.3, 0.4) is 0 Å². The van der Waals surface area contributed by atoms with Gasteiger partial charge in [0, 0.05) is 5.56 Å². The summed E-state index contributed by atoms with van der Waals surface area (Å²) in [7, 11) is 0. The van der Waals surface area contributed by atoms with Gasteiger partial charge in [-0.05, 0) is 54.3 Å². The van der Waals surface area contributed by atoms with Gasteiger partial charge in [-0.15, -0.1) is 0 Å². The summed E-state index contributed by atoms with van der Waals surface area (Å²) < 4.78 is 11.5. The van der Waals surface area contributed by atoms with Gasteiger partial charge in [0.15, 0.2) is 0 Å². The van der Waals surface area contributed by atoms with Crippen molar-refractivity contribution in [1.82, 2.24) is 0 Å². The van der Waals surface area contributed by atoms with Crippen LogP contribution < -0.4 is 9.47 Å². The Balaban J connectivity index is 1.88. The number of aldehydes is 1. The standard InChI is InChI=1S/C19H22O3/c1-14(2)18-9-4-15(3)12-19(18)22-11-10-21-17-7-5-16(13-20)6-8-17/h4-9,12-14H,10-11H2,1-3H3. The van der Waals surface area contributed by atoms with Gasteiger partial charge in [-0.2, -0.15) is 0 Å². The zero-order valence-corrected chi connectivity index (χ0v) is 13.3. The van der Waals surface area contributed by atoms with Crippen molar-refractivity contribution in [1.29, 1.82) is 0 Å². The van der Waals surface area contributed by atoms with E-state index in [1.54, 1.807) is 24.3 Å². The maximum absolute atomic E-state index is 10.6. The molecule has 0 aliphatic rings. The zero-order chi connectivity index (χ0) is 15.9. The van der Waals surface area contributed by atoms with Crippen LogP contribution >= 0.6 is 0 Å². The Bertz CT molecular complexity index is 615. The van der Waals surface area contributed by atoms with E-state index >= 15 is 0 Å². The van der Waals surface area contributed by atoms with Crippen molar-refractivity contribution in [3.8, 4) is 11.5 Å². The van der Waals surface area contributed by atoms with Crippen molar-refractivity contribution in [2.75, 3.05) is 13.2 Å². The van der Waals surface area contributed by atoms with Crippen molar-refractivity contribution in [2.45, 2.75) is 26.7 Å². The number of rotatable bonds is 7. The topological polar surface area (TPSA) is 35.5 Å². The molecule has 2 rings (SSSR count). The van der Waals surface area contributed by atoms with Crippen LogP contribution in [-0.2, 0) is 0 Å². The summed E-state index contributed by atoms with van der Waals surface area (Å²) in [6.07, 6.45) is 0.818. The molecular formula is C19H22O3. The van der Waals surface area contributed by atoms with E-state index in [1.165, 1.54) is 11.1 Å². The number of carbonyl (C=O) groups is 1. The van der Waals surface area contributed by atoms with Crippen LogP contribution in [0.15, 0.2) is 42.5 Å². The fraction of sp³-hybridized carbons (Fsp3) is 0.316. The molecule has 3 nitrogen and oxygen atoms in total. The highest BCUT2D eigenvalue weighted by molar-refractivity contribution is 5.74. The van der Waals surface area contributed by atoms with Gasteiger partial charge in [-0.3, -0.25) is 4.79 Å². The van der Waals surface area contributed by atoms with Crippen molar-refractivity contribution in [2.24, 2.45) is 0 Å². The fourth-order valence-corrected chi connectivity index (χ4v) is 2.20.